The molecule has 0 bridgehead atoms. The van der Waals surface area contributed by atoms with E-state index < -0.39 is 16.8 Å². The molecule has 5 aliphatic heterocycles. The Kier molecular flexibility index (Phi) is 10.7. The van der Waals surface area contributed by atoms with Gasteiger partial charge in [0.2, 0.25) is 17.7 Å². The number of benzene rings is 3. The Bertz CT molecular complexity index is 2070. The molecule has 13 heteroatoms. The Morgan fingerprint density at radius 2 is 1.52 bits per heavy atom. The van der Waals surface area contributed by atoms with Gasteiger partial charge in [-0.15, -0.1) is 0 Å². The molecule has 58 heavy (non-hydrogen) atoms. The predicted molar refractivity (Wildman–Crippen MR) is 218 cm³/mol. The number of aromatic hydroxyl groups is 1. The summed E-state index contributed by atoms with van der Waals surface area (Å²) in [6, 6.07) is 24.5. The van der Waals surface area contributed by atoms with E-state index in [1.165, 1.54) is 6.20 Å². The summed E-state index contributed by atoms with van der Waals surface area (Å²) in [6.07, 6.45) is 6.81. The SMILES string of the molecule is N/C=C(\C=C(/N)c1ccccc1O)N1CCC(C(=O)N2CC3(CN(CC4CCN(c5ccc(C6CCC(=O)NC6=O)cc5)CC4)CC3(F)F)C2)(c2ccccc2)CC1. The van der Waals surface area contributed by atoms with E-state index in [1.54, 1.807) is 35.2 Å². The van der Waals surface area contributed by atoms with Crippen molar-refractivity contribution in [3.63, 3.8) is 0 Å². The molecular weight excluding hydrogens is 741 g/mol. The zero-order valence-electron chi connectivity index (χ0n) is 32.8. The number of alkyl halides is 2. The summed E-state index contributed by atoms with van der Waals surface area (Å²) in [4.78, 5) is 46.4. The van der Waals surface area contributed by atoms with Gasteiger partial charge in [-0.25, -0.2) is 8.78 Å². The highest BCUT2D eigenvalue weighted by Gasteiger charge is 2.67. The van der Waals surface area contributed by atoms with Crippen molar-refractivity contribution in [1.29, 1.82) is 0 Å². The molecule has 5 fully saturated rings. The van der Waals surface area contributed by atoms with Crippen LogP contribution in [0.2, 0.25) is 0 Å². The number of nitrogens with one attached hydrogen (secondary N) is 1. The number of carbonyl (C=O) groups excluding carboxylic acids is 3. The fraction of sp³-hybridized carbons (Fsp3) is 0.444. The highest BCUT2D eigenvalue weighted by molar-refractivity contribution is 6.01. The number of hydrogen-bond acceptors (Lipinski definition) is 9. The molecule has 1 atom stereocenters. The van der Waals surface area contributed by atoms with Crippen LogP contribution in [0.5, 0.6) is 5.75 Å². The minimum absolute atomic E-state index is 0.0364. The largest absolute Gasteiger partial charge is 0.507 e. The number of rotatable bonds is 9. The summed E-state index contributed by atoms with van der Waals surface area (Å²) in [6.45, 7) is 3.31. The summed E-state index contributed by atoms with van der Waals surface area (Å²) < 4.78 is 32.0. The van der Waals surface area contributed by atoms with Crippen molar-refractivity contribution >= 4 is 29.1 Å². The quantitative estimate of drug-likeness (QED) is 0.178. The number of amides is 3. The zero-order chi connectivity index (χ0) is 40.7. The summed E-state index contributed by atoms with van der Waals surface area (Å²) in [5, 5.41) is 12.7. The molecule has 3 aromatic carbocycles. The molecule has 11 nitrogen and oxygen atoms in total. The van der Waals surface area contributed by atoms with Gasteiger partial charge >= 0.3 is 0 Å². The van der Waals surface area contributed by atoms with E-state index >= 15 is 8.78 Å². The topological polar surface area (TPSA) is 148 Å². The number of halogens is 2. The second-order valence-electron chi connectivity index (χ2n) is 17.0. The molecule has 8 rings (SSSR count). The molecule has 0 aromatic heterocycles. The Balaban J connectivity index is 0.872. The number of likely N-dealkylation sites (tertiary alicyclic amines) is 3. The fourth-order valence-electron chi connectivity index (χ4n) is 10.0. The van der Waals surface area contributed by atoms with E-state index in [1.807, 2.05) is 59.5 Å². The molecule has 1 spiro atoms. The third-order valence-corrected chi connectivity index (χ3v) is 13.4. The third-order valence-electron chi connectivity index (χ3n) is 13.4. The first-order valence-corrected chi connectivity index (χ1v) is 20.5. The predicted octanol–water partition coefficient (Wildman–Crippen LogP) is 4.74. The van der Waals surface area contributed by atoms with Gasteiger partial charge in [0.15, 0.2) is 0 Å². The lowest BCUT2D eigenvalue weighted by atomic mass is 9.68. The Labute approximate surface area is 338 Å². The second-order valence-corrected chi connectivity index (χ2v) is 17.0. The van der Waals surface area contributed by atoms with E-state index in [2.05, 4.69) is 15.1 Å². The first kappa shape index (κ1) is 39.4. The number of nitrogens with two attached hydrogens (primary N) is 2. The van der Waals surface area contributed by atoms with Gasteiger partial charge in [-0.2, -0.15) is 0 Å². The van der Waals surface area contributed by atoms with Crippen molar-refractivity contribution in [2.75, 3.05) is 63.8 Å². The van der Waals surface area contributed by atoms with Gasteiger partial charge in [0.25, 0.3) is 5.92 Å². The molecule has 0 saturated carbocycles. The highest BCUT2D eigenvalue weighted by atomic mass is 19.3. The Hall–Kier alpha value is -5.43. The maximum absolute atomic E-state index is 16.0. The van der Waals surface area contributed by atoms with Crippen molar-refractivity contribution in [3.05, 3.63) is 114 Å². The van der Waals surface area contributed by atoms with Crippen LogP contribution in [0, 0.1) is 11.3 Å². The number of anilines is 1. The number of para-hydroxylation sites is 1. The van der Waals surface area contributed by atoms with E-state index in [4.69, 9.17) is 11.5 Å². The molecule has 306 valence electrons. The first-order valence-electron chi connectivity index (χ1n) is 20.5. The molecule has 5 aliphatic rings. The van der Waals surface area contributed by atoms with Crippen LogP contribution in [0.25, 0.3) is 5.70 Å². The number of allylic oxidation sites excluding steroid dienone is 1. The summed E-state index contributed by atoms with van der Waals surface area (Å²) in [5.41, 5.74) is 14.7. The molecule has 5 heterocycles. The first-order chi connectivity index (χ1) is 27.9. The lowest BCUT2D eigenvalue weighted by molar-refractivity contribution is -0.179. The van der Waals surface area contributed by atoms with Crippen LogP contribution >= 0.6 is 0 Å². The van der Waals surface area contributed by atoms with Gasteiger partial charge in [0.05, 0.1) is 29.0 Å². The lowest BCUT2D eigenvalue weighted by Gasteiger charge is -2.54. The molecule has 0 radical (unpaired) electrons. The normalized spacial score (nSPS) is 23.8. The molecular formula is C45H53F2N7O4. The molecule has 0 aliphatic carbocycles. The number of phenolic OH excluding ortho intramolecular Hbond substituents is 1. The number of piperidine rings is 3. The number of phenols is 1. The van der Waals surface area contributed by atoms with Gasteiger partial charge in [-0.3, -0.25) is 24.6 Å². The fourth-order valence-corrected chi connectivity index (χ4v) is 10.0. The molecule has 6 N–H and O–H groups in total. The van der Waals surface area contributed by atoms with E-state index in [0.29, 0.717) is 68.2 Å². The van der Waals surface area contributed by atoms with Gasteiger partial charge in [-0.1, -0.05) is 54.6 Å². The van der Waals surface area contributed by atoms with Crippen LogP contribution in [-0.2, 0) is 19.8 Å². The van der Waals surface area contributed by atoms with E-state index in [-0.39, 0.29) is 55.6 Å². The van der Waals surface area contributed by atoms with Crippen LogP contribution in [0.4, 0.5) is 14.5 Å². The maximum atomic E-state index is 16.0. The van der Waals surface area contributed by atoms with Crippen LogP contribution < -0.4 is 21.7 Å². The van der Waals surface area contributed by atoms with Gasteiger partial charge in [-0.05, 0) is 79.5 Å². The molecule has 3 aromatic rings. The van der Waals surface area contributed by atoms with Crippen molar-refractivity contribution in [2.24, 2.45) is 22.8 Å². The molecule has 5 saturated heterocycles. The monoisotopic (exact) mass is 793 g/mol. The second kappa shape index (κ2) is 15.7. The zero-order valence-corrected chi connectivity index (χ0v) is 32.8. The van der Waals surface area contributed by atoms with Crippen molar-refractivity contribution in [2.45, 2.75) is 55.8 Å². The maximum Gasteiger partial charge on any atom is 0.270 e. The van der Waals surface area contributed by atoms with Gasteiger partial charge in [0.1, 0.15) is 5.75 Å². The van der Waals surface area contributed by atoms with Crippen LogP contribution in [0.15, 0.2) is 96.8 Å². The third kappa shape index (κ3) is 7.40. The van der Waals surface area contributed by atoms with E-state index in [9.17, 15) is 19.5 Å². The molecule has 3 amide bonds. The summed E-state index contributed by atoms with van der Waals surface area (Å²) in [5.74, 6) is -3.42. The smallest absolute Gasteiger partial charge is 0.270 e. The Morgan fingerprint density at radius 1 is 0.845 bits per heavy atom. The average Bonchev–Trinajstić information content (AvgIpc) is 3.49. The number of hydrogen-bond donors (Lipinski definition) is 4. The van der Waals surface area contributed by atoms with Gasteiger partial charge in [0, 0.05) is 81.9 Å². The van der Waals surface area contributed by atoms with Crippen molar-refractivity contribution < 1.29 is 28.3 Å². The van der Waals surface area contributed by atoms with Crippen molar-refractivity contribution in [1.82, 2.24) is 20.0 Å². The van der Waals surface area contributed by atoms with Crippen LogP contribution in [-0.4, -0.2) is 102 Å². The molecule has 1 unspecified atom stereocenters. The average molecular weight is 794 g/mol. The number of nitrogens with zero attached hydrogens (tertiary/aromatic N) is 4. The van der Waals surface area contributed by atoms with Crippen molar-refractivity contribution in [3.8, 4) is 5.75 Å². The minimum Gasteiger partial charge on any atom is -0.507 e. The summed E-state index contributed by atoms with van der Waals surface area (Å²) in [7, 11) is 0. The van der Waals surface area contributed by atoms with Crippen LogP contribution in [0.1, 0.15) is 61.1 Å². The number of imide groups is 1. The lowest BCUT2D eigenvalue weighted by Crippen LogP contribution is -2.69. The Morgan fingerprint density at radius 3 is 2.17 bits per heavy atom. The summed E-state index contributed by atoms with van der Waals surface area (Å²) >= 11 is 0. The van der Waals surface area contributed by atoms with Crippen LogP contribution in [0.3, 0.4) is 0 Å². The van der Waals surface area contributed by atoms with Gasteiger partial charge < -0.3 is 31.3 Å². The minimum atomic E-state index is -2.90. The number of carbonyl (C=O) groups is 3. The standard InChI is InChI=1S/C45H53F2N7O4/c46-45(47)30-51(26-31-16-20-52(21-17-31)34-12-10-32(11-13-34)36-14-15-40(56)50-41(36)57)27-43(45)28-54(29-43)42(58)44(33-6-2-1-3-7-33)18-22-53(23-19-44)35(25-48)24-38(49)37-8-4-5-9-39(37)55/h1-13,24-25,31,36,55H,14-23,26-30,48-49H2,(H,50,56,57)/b35-25+,38-24-. The van der Waals surface area contributed by atoms with E-state index in [0.717, 1.165) is 42.7 Å². The highest BCUT2D eigenvalue weighted by Crippen LogP contribution is 2.52.